The van der Waals surface area contributed by atoms with Gasteiger partial charge in [0.05, 0.1) is 0 Å². The van der Waals surface area contributed by atoms with Crippen LogP contribution in [0.5, 0.6) is 0 Å². The van der Waals surface area contributed by atoms with Crippen molar-refractivity contribution in [2.75, 3.05) is 13.1 Å². The molecule has 0 unspecified atom stereocenters. The summed E-state index contributed by atoms with van der Waals surface area (Å²) in [5.41, 5.74) is 4.30. The first-order valence-electron chi connectivity index (χ1n) is 3.96. The Kier molecular flexibility index (Phi) is 2.42. The maximum atomic E-state index is 10.7. The predicted molar refractivity (Wildman–Crippen MR) is 43.4 cm³/mol. The number of hydrogen-bond acceptors (Lipinski definition) is 3. The highest BCUT2D eigenvalue weighted by Gasteiger charge is 2.38. The summed E-state index contributed by atoms with van der Waals surface area (Å²) in [5, 5.41) is 17.3. The fourth-order valence-electron chi connectivity index (χ4n) is 1.31. The fourth-order valence-corrected chi connectivity index (χ4v) is 1.31. The van der Waals surface area contributed by atoms with E-state index in [1.807, 2.05) is 0 Å². The van der Waals surface area contributed by atoms with Gasteiger partial charge in [-0.25, -0.2) is 4.79 Å². The Labute approximate surface area is 74.9 Å². The van der Waals surface area contributed by atoms with Gasteiger partial charge in [-0.2, -0.15) is 0 Å². The van der Waals surface area contributed by atoms with Gasteiger partial charge in [-0.05, 0) is 12.8 Å². The number of rotatable bonds is 1. The van der Waals surface area contributed by atoms with Crippen LogP contribution < -0.4 is 5.73 Å². The van der Waals surface area contributed by atoms with Gasteiger partial charge in [0.2, 0.25) is 0 Å². The molecule has 0 aromatic rings. The molecular formula is C7H12N2O4. The highest BCUT2D eigenvalue weighted by atomic mass is 16.4. The number of carboxylic acid groups (broad SMARTS) is 2. The van der Waals surface area contributed by atoms with Crippen LogP contribution in [0.25, 0.3) is 0 Å². The van der Waals surface area contributed by atoms with Crippen LogP contribution in [0.2, 0.25) is 0 Å². The summed E-state index contributed by atoms with van der Waals surface area (Å²) in [7, 11) is 0. The molecule has 0 aromatic heterocycles. The summed E-state index contributed by atoms with van der Waals surface area (Å²) >= 11 is 0. The summed E-state index contributed by atoms with van der Waals surface area (Å²) in [6.07, 6.45) is -0.670. The fraction of sp³-hybridized carbons (Fsp3) is 0.714. The Hall–Kier alpha value is -1.30. The molecule has 0 bridgehead atoms. The molecule has 0 atom stereocenters. The minimum absolute atomic E-state index is 0.175. The van der Waals surface area contributed by atoms with E-state index in [0.717, 1.165) is 0 Å². The number of nitrogens with zero attached hydrogens (tertiary/aromatic N) is 1. The minimum Gasteiger partial charge on any atom is -0.480 e. The monoisotopic (exact) mass is 188 g/mol. The lowest BCUT2D eigenvalue weighted by atomic mass is 9.89. The SMILES string of the molecule is NC1(C(=O)O)CCN(C(=O)O)CC1. The molecule has 13 heavy (non-hydrogen) atoms. The first-order chi connectivity index (χ1) is 5.96. The molecule has 0 aromatic carbocycles. The second-order valence-electron chi connectivity index (χ2n) is 3.23. The third-order valence-electron chi connectivity index (χ3n) is 2.35. The number of piperidine rings is 1. The number of aliphatic carboxylic acids is 1. The standard InChI is InChI=1S/C7H12N2O4/c8-7(5(10)11)1-3-9(4-2-7)6(12)13/h1-4,8H2,(H,10,11)(H,12,13). The summed E-state index contributed by atoms with van der Waals surface area (Å²) in [5.74, 6) is -1.06. The van der Waals surface area contributed by atoms with Crippen molar-refractivity contribution in [3.8, 4) is 0 Å². The topological polar surface area (TPSA) is 104 Å². The molecule has 0 radical (unpaired) electrons. The molecule has 1 saturated heterocycles. The zero-order valence-corrected chi connectivity index (χ0v) is 7.06. The van der Waals surface area contributed by atoms with Crippen molar-refractivity contribution in [1.82, 2.24) is 4.90 Å². The smallest absolute Gasteiger partial charge is 0.407 e. The second-order valence-corrected chi connectivity index (χ2v) is 3.23. The zero-order valence-electron chi connectivity index (χ0n) is 7.06. The summed E-state index contributed by atoms with van der Waals surface area (Å²) in [6, 6.07) is 0. The van der Waals surface area contributed by atoms with Gasteiger partial charge in [0.15, 0.2) is 0 Å². The van der Waals surface area contributed by atoms with Crippen LogP contribution in [0.1, 0.15) is 12.8 Å². The highest BCUT2D eigenvalue weighted by Crippen LogP contribution is 2.19. The van der Waals surface area contributed by atoms with Gasteiger partial charge >= 0.3 is 12.1 Å². The van der Waals surface area contributed by atoms with Crippen molar-refractivity contribution in [2.24, 2.45) is 5.73 Å². The third kappa shape index (κ3) is 1.89. The first-order valence-corrected chi connectivity index (χ1v) is 3.96. The van der Waals surface area contributed by atoms with Crippen LogP contribution in [-0.4, -0.2) is 45.8 Å². The van der Waals surface area contributed by atoms with Crippen molar-refractivity contribution < 1.29 is 19.8 Å². The largest absolute Gasteiger partial charge is 0.480 e. The number of carboxylic acids is 1. The zero-order chi connectivity index (χ0) is 10.1. The van der Waals surface area contributed by atoms with E-state index in [0.29, 0.717) is 0 Å². The molecule has 1 rings (SSSR count). The van der Waals surface area contributed by atoms with E-state index in [1.54, 1.807) is 0 Å². The van der Waals surface area contributed by atoms with Gasteiger partial charge in [-0.3, -0.25) is 4.79 Å². The lowest BCUT2D eigenvalue weighted by molar-refractivity contribution is -0.145. The van der Waals surface area contributed by atoms with Gasteiger partial charge in [-0.15, -0.1) is 0 Å². The van der Waals surface area contributed by atoms with Crippen LogP contribution in [0.15, 0.2) is 0 Å². The van der Waals surface area contributed by atoms with E-state index in [4.69, 9.17) is 15.9 Å². The van der Waals surface area contributed by atoms with E-state index in [9.17, 15) is 9.59 Å². The number of hydrogen-bond donors (Lipinski definition) is 3. The number of likely N-dealkylation sites (tertiary alicyclic amines) is 1. The Bertz CT molecular complexity index is 233. The van der Waals surface area contributed by atoms with Crippen LogP contribution in [0.4, 0.5) is 4.79 Å². The van der Waals surface area contributed by atoms with Crippen LogP contribution >= 0.6 is 0 Å². The summed E-state index contributed by atoms with van der Waals surface area (Å²) < 4.78 is 0. The quantitative estimate of drug-likeness (QED) is 0.516. The molecule has 1 aliphatic rings. The first kappa shape index (κ1) is 9.79. The Balaban J connectivity index is 2.56. The lowest BCUT2D eigenvalue weighted by Crippen LogP contribution is -2.56. The van der Waals surface area contributed by atoms with Gasteiger partial charge in [0.25, 0.3) is 0 Å². The normalized spacial score (nSPS) is 21.2. The van der Waals surface area contributed by atoms with Crippen LogP contribution in [0, 0.1) is 0 Å². The van der Waals surface area contributed by atoms with Crippen LogP contribution in [-0.2, 0) is 4.79 Å². The number of amides is 1. The summed E-state index contributed by atoms with van der Waals surface area (Å²) in [4.78, 5) is 22.3. The maximum absolute atomic E-state index is 10.7. The van der Waals surface area contributed by atoms with Gasteiger partial charge in [-0.1, -0.05) is 0 Å². The van der Waals surface area contributed by atoms with E-state index in [2.05, 4.69) is 0 Å². The van der Waals surface area contributed by atoms with Crippen molar-refractivity contribution >= 4 is 12.1 Å². The molecule has 6 nitrogen and oxygen atoms in total. The molecule has 4 N–H and O–H groups in total. The molecule has 6 heteroatoms. The third-order valence-corrected chi connectivity index (χ3v) is 2.35. The van der Waals surface area contributed by atoms with E-state index in [-0.39, 0.29) is 25.9 Å². The molecule has 0 spiro atoms. The lowest BCUT2D eigenvalue weighted by Gasteiger charge is -2.34. The van der Waals surface area contributed by atoms with E-state index >= 15 is 0 Å². The molecule has 74 valence electrons. The average molecular weight is 188 g/mol. The molecule has 1 amide bonds. The minimum atomic E-state index is -1.24. The maximum Gasteiger partial charge on any atom is 0.407 e. The molecular weight excluding hydrogens is 176 g/mol. The average Bonchev–Trinajstić information content (AvgIpc) is 2.04. The number of nitrogens with two attached hydrogens (primary N) is 1. The summed E-state index contributed by atoms with van der Waals surface area (Å²) in [6.45, 7) is 0.385. The molecule has 1 heterocycles. The highest BCUT2D eigenvalue weighted by molar-refractivity contribution is 5.79. The molecule has 1 aliphatic heterocycles. The Morgan fingerprint density at radius 3 is 2.00 bits per heavy atom. The Morgan fingerprint density at radius 1 is 1.23 bits per heavy atom. The van der Waals surface area contributed by atoms with Gasteiger partial charge < -0.3 is 20.8 Å². The van der Waals surface area contributed by atoms with Crippen molar-refractivity contribution in [3.05, 3.63) is 0 Å². The van der Waals surface area contributed by atoms with E-state index < -0.39 is 17.6 Å². The van der Waals surface area contributed by atoms with Gasteiger partial charge in [0, 0.05) is 13.1 Å². The molecule has 0 saturated carbocycles. The van der Waals surface area contributed by atoms with Crippen molar-refractivity contribution in [2.45, 2.75) is 18.4 Å². The van der Waals surface area contributed by atoms with Gasteiger partial charge in [0.1, 0.15) is 5.54 Å². The molecule has 0 aliphatic carbocycles. The van der Waals surface area contributed by atoms with Crippen molar-refractivity contribution in [3.63, 3.8) is 0 Å². The van der Waals surface area contributed by atoms with Crippen LogP contribution in [0.3, 0.4) is 0 Å². The molecule has 1 fully saturated rings. The second kappa shape index (κ2) is 3.21. The van der Waals surface area contributed by atoms with Crippen molar-refractivity contribution in [1.29, 1.82) is 0 Å². The number of carbonyl (C=O) groups is 2. The van der Waals surface area contributed by atoms with E-state index in [1.165, 1.54) is 4.90 Å². The Morgan fingerprint density at radius 2 is 1.69 bits per heavy atom. The predicted octanol–water partition coefficient (Wildman–Crippen LogP) is -0.458.